The molecule has 3 rings (SSSR count). The molecule has 1 unspecified atom stereocenters. The fraction of sp³-hybridized carbons (Fsp3) is 0.444. The largest absolute Gasteiger partial charge is 0.309 e. The maximum atomic E-state index is 3.74. The topological polar surface area (TPSA) is 12.0 Å². The van der Waals surface area contributed by atoms with Crippen molar-refractivity contribution < 1.29 is 0 Å². The standard InChI is InChI=1S/C18H22BrNS/c1-4-20-18(13-5-6-13)16-8-7-15(21-16)17-12(3)9-11(2)10-14(17)19/h7-10,13,18,20H,4-6H2,1-3H3. The third-order valence-electron chi connectivity index (χ3n) is 4.13. The SMILES string of the molecule is CCNC(c1ccc(-c2c(C)cc(C)cc2Br)s1)C1CC1. The average Bonchev–Trinajstić information content (AvgIpc) is 3.14. The highest BCUT2D eigenvalue weighted by Gasteiger charge is 2.32. The molecule has 1 N–H and O–H groups in total. The zero-order valence-electron chi connectivity index (χ0n) is 12.9. The fourth-order valence-corrected chi connectivity index (χ4v) is 5.35. The lowest BCUT2D eigenvalue weighted by Crippen LogP contribution is -2.21. The summed E-state index contributed by atoms with van der Waals surface area (Å²) in [5.74, 6) is 0.846. The van der Waals surface area contributed by atoms with E-state index in [1.165, 1.54) is 43.8 Å². The van der Waals surface area contributed by atoms with E-state index < -0.39 is 0 Å². The van der Waals surface area contributed by atoms with Gasteiger partial charge in [0, 0.05) is 25.8 Å². The Bertz CT molecular complexity index is 619. The van der Waals surface area contributed by atoms with Gasteiger partial charge in [-0.05, 0) is 68.5 Å². The van der Waals surface area contributed by atoms with Crippen molar-refractivity contribution in [2.75, 3.05) is 6.54 Å². The van der Waals surface area contributed by atoms with Crippen LogP contribution in [0.2, 0.25) is 0 Å². The summed E-state index contributed by atoms with van der Waals surface area (Å²) >= 11 is 5.69. The Balaban J connectivity index is 1.94. The Hall–Kier alpha value is -0.640. The van der Waals surface area contributed by atoms with Crippen LogP contribution in [0, 0.1) is 19.8 Å². The number of halogens is 1. The van der Waals surface area contributed by atoms with Gasteiger partial charge in [0.1, 0.15) is 0 Å². The first-order valence-corrected chi connectivity index (χ1v) is 9.31. The van der Waals surface area contributed by atoms with Crippen molar-refractivity contribution in [2.24, 2.45) is 5.92 Å². The maximum absolute atomic E-state index is 3.74. The summed E-state index contributed by atoms with van der Waals surface area (Å²) in [4.78, 5) is 2.86. The van der Waals surface area contributed by atoms with Crippen molar-refractivity contribution in [1.82, 2.24) is 5.32 Å². The third kappa shape index (κ3) is 3.25. The zero-order chi connectivity index (χ0) is 15.0. The summed E-state index contributed by atoms with van der Waals surface area (Å²) in [6.45, 7) is 7.59. The molecule has 1 aliphatic carbocycles. The monoisotopic (exact) mass is 363 g/mol. The molecule has 0 aliphatic heterocycles. The molecule has 21 heavy (non-hydrogen) atoms. The minimum Gasteiger partial charge on any atom is -0.309 e. The van der Waals surface area contributed by atoms with Gasteiger partial charge in [-0.2, -0.15) is 0 Å². The van der Waals surface area contributed by atoms with E-state index in [2.05, 4.69) is 66.3 Å². The zero-order valence-corrected chi connectivity index (χ0v) is 15.3. The normalized spacial score (nSPS) is 16.2. The van der Waals surface area contributed by atoms with E-state index in [1.54, 1.807) is 0 Å². The summed E-state index contributed by atoms with van der Waals surface area (Å²) in [6, 6.07) is 9.64. The first kappa shape index (κ1) is 15.3. The van der Waals surface area contributed by atoms with Crippen LogP contribution in [0.15, 0.2) is 28.7 Å². The van der Waals surface area contributed by atoms with Crippen LogP contribution in [-0.4, -0.2) is 6.54 Å². The number of benzene rings is 1. The lowest BCUT2D eigenvalue weighted by molar-refractivity contribution is 0.504. The molecule has 0 spiro atoms. The van der Waals surface area contributed by atoms with Crippen LogP contribution in [0.25, 0.3) is 10.4 Å². The van der Waals surface area contributed by atoms with Crippen molar-refractivity contribution in [3.63, 3.8) is 0 Å². The number of rotatable bonds is 5. The number of nitrogens with one attached hydrogen (secondary N) is 1. The smallest absolute Gasteiger partial charge is 0.0443 e. The van der Waals surface area contributed by atoms with Gasteiger partial charge < -0.3 is 5.32 Å². The van der Waals surface area contributed by atoms with Gasteiger partial charge in [-0.3, -0.25) is 0 Å². The number of hydrogen-bond donors (Lipinski definition) is 1. The molecule has 1 aliphatic rings. The predicted octanol–water partition coefficient (Wildman–Crippen LogP) is 5.86. The molecule has 1 heterocycles. The van der Waals surface area contributed by atoms with Gasteiger partial charge in [0.15, 0.2) is 0 Å². The molecular formula is C18H22BrNS. The van der Waals surface area contributed by atoms with Crippen molar-refractivity contribution in [1.29, 1.82) is 0 Å². The van der Waals surface area contributed by atoms with Crippen molar-refractivity contribution in [3.05, 3.63) is 44.7 Å². The highest BCUT2D eigenvalue weighted by Crippen LogP contribution is 2.45. The van der Waals surface area contributed by atoms with Crippen molar-refractivity contribution >= 4 is 27.3 Å². The van der Waals surface area contributed by atoms with E-state index in [4.69, 9.17) is 0 Å². The molecule has 1 saturated carbocycles. The minimum atomic E-state index is 0.554. The molecule has 0 bridgehead atoms. The number of thiophene rings is 1. The molecule has 2 aromatic rings. The summed E-state index contributed by atoms with van der Waals surface area (Å²) in [7, 11) is 0. The molecule has 0 radical (unpaired) electrons. The van der Waals surface area contributed by atoms with E-state index in [1.807, 2.05) is 11.3 Å². The molecule has 1 atom stereocenters. The Kier molecular flexibility index (Phi) is 4.53. The van der Waals surface area contributed by atoms with E-state index >= 15 is 0 Å². The van der Waals surface area contributed by atoms with Crippen LogP contribution in [0.5, 0.6) is 0 Å². The first-order valence-electron chi connectivity index (χ1n) is 7.70. The molecule has 3 heteroatoms. The molecule has 1 aromatic heterocycles. The van der Waals surface area contributed by atoms with Gasteiger partial charge in [-0.25, -0.2) is 0 Å². The molecule has 0 amide bonds. The van der Waals surface area contributed by atoms with E-state index in [0.29, 0.717) is 6.04 Å². The fourth-order valence-electron chi connectivity index (χ4n) is 3.03. The molecule has 1 aromatic carbocycles. The van der Waals surface area contributed by atoms with E-state index in [0.717, 1.165) is 12.5 Å². The van der Waals surface area contributed by atoms with Gasteiger partial charge in [-0.1, -0.05) is 28.9 Å². The van der Waals surface area contributed by atoms with Gasteiger partial charge in [0.05, 0.1) is 0 Å². The van der Waals surface area contributed by atoms with Crippen molar-refractivity contribution in [2.45, 2.75) is 39.7 Å². The van der Waals surface area contributed by atoms with Crippen LogP contribution in [-0.2, 0) is 0 Å². The molecule has 1 fully saturated rings. The molecule has 112 valence electrons. The number of aryl methyl sites for hydroxylation is 2. The molecule has 0 saturated heterocycles. The highest BCUT2D eigenvalue weighted by molar-refractivity contribution is 9.10. The minimum absolute atomic E-state index is 0.554. The summed E-state index contributed by atoms with van der Waals surface area (Å²) in [5, 5.41) is 3.66. The third-order valence-corrected chi connectivity index (χ3v) is 5.94. The highest BCUT2D eigenvalue weighted by atomic mass is 79.9. The van der Waals surface area contributed by atoms with Crippen LogP contribution < -0.4 is 5.32 Å². The average molecular weight is 364 g/mol. The lowest BCUT2D eigenvalue weighted by atomic mass is 10.0. The van der Waals surface area contributed by atoms with Crippen LogP contribution in [0.1, 0.15) is 41.8 Å². The van der Waals surface area contributed by atoms with Crippen LogP contribution in [0.3, 0.4) is 0 Å². The Morgan fingerprint density at radius 1 is 1.29 bits per heavy atom. The second-order valence-corrected chi connectivity index (χ2v) is 7.98. The summed E-state index contributed by atoms with van der Waals surface area (Å²) in [6.07, 6.45) is 2.75. The van der Waals surface area contributed by atoms with E-state index in [-0.39, 0.29) is 0 Å². The quantitative estimate of drug-likeness (QED) is 0.701. The maximum Gasteiger partial charge on any atom is 0.0443 e. The first-order chi connectivity index (χ1) is 10.1. The Labute approximate surface area is 139 Å². The summed E-state index contributed by atoms with van der Waals surface area (Å²) < 4.78 is 1.21. The van der Waals surface area contributed by atoms with Gasteiger partial charge in [0.25, 0.3) is 0 Å². The predicted molar refractivity (Wildman–Crippen MR) is 96.1 cm³/mol. The van der Waals surface area contributed by atoms with Crippen LogP contribution in [0.4, 0.5) is 0 Å². The molecule has 1 nitrogen and oxygen atoms in total. The van der Waals surface area contributed by atoms with Gasteiger partial charge in [0.2, 0.25) is 0 Å². The van der Waals surface area contributed by atoms with Gasteiger partial charge >= 0.3 is 0 Å². The van der Waals surface area contributed by atoms with Crippen molar-refractivity contribution in [3.8, 4) is 10.4 Å². The number of hydrogen-bond acceptors (Lipinski definition) is 2. The Morgan fingerprint density at radius 2 is 2.05 bits per heavy atom. The lowest BCUT2D eigenvalue weighted by Gasteiger charge is -2.15. The molecular weight excluding hydrogens is 342 g/mol. The second kappa shape index (κ2) is 6.23. The van der Waals surface area contributed by atoms with Gasteiger partial charge in [-0.15, -0.1) is 11.3 Å². The van der Waals surface area contributed by atoms with E-state index in [9.17, 15) is 0 Å². The summed E-state index contributed by atoms with van der Waals surface area (Å²) in [5.41, 5.74) is 4.01. The second-order valence-electron chi connectivity index (χ2n) is 6.01. The Morgan fingerprint density at radius 3 is 2.67 bits per heavy atom. The van der Waals surface area contributed by atoms with Crippen LogP contribution >= 0.6 is 27.3 Å².